The number of nitrogens with zero attached hydrogens (tertiary/aromatic N) is 1. The molecule has 0 amide bonds. The number of methoxy groups -OCH3 is 1. The third-order valence-corrected chi connectivity index (χ3v) is 3.80. The Morgan fingerprint density at radius 3 is 2.53 bits per heavy atom. The van der Waals surface area contributed by atoms with Crippen molar-refractivity contribution in [2.45, 2.75) is 40.3 Å². The van der Waals surface area contributed by atoms with Crippen LogP contribution < -0.4 is 10.1 Å². The van der Waals surface area contributed by atoms with Crippen LogP contribution in [0.5, 0.6) is 5.75 Å². The maximum atomic E-state index is 5.52. The summed E-state index contributed by atoms with van der Waals surface area (Å²) in [5.74, 6) is 0.946. The van der Waals surface area contributed by atoms with Crippen LogP contribution >= 0.6 is 0 Å². The Bertz CT molecular complexity index is 597. The second-order valence-electron chi connectivity index (χ2n) is 5.47. The van der Waals surface area contributed by atoms with Crippen LogP contribution in [0.4, 0.5) is 0 Å². The largest absolute Gasteiger partial charge is 0.495 e. The van der Waals surface area contributed by atoms with E-state index in [-0.39, 0.29) is 0 Å². The summed E-state index contributed by atoms with van der Waals surface area (Å²) in [5.41, 5.74) is 5.18. The third-order valence-electron chi connectivity index (χ3n) is 3.80. The van der Waals surface area contributed by atoms with Gasteiger partial charge in [0.25, 0.3) is 0 Å². The molecule has 1 N–H and O–H groups in total. The minimum Gasteiger partial charge on any atom is -0.495 e. The monoisotopic (exact) mass is 260 g/mol. The molecule has 3 nitrogen and oxygen atoms in total. The molecule has 1 aromatic carbocycles. The molecule has 0 radical (unpaired) electrons. The van der Waals surface area contributed by atoms with E-state index in [1.165, 1.54) is 27.7 Å². The van der Waals surface area contributed by atoms with E-state index in [1.54, 1.807) is 7.11 Å². The summed E-state index contributed by atoms with van der Waals surface area (Å²) in [6.45, 7) is 9.59. The highest BCUT2D eigenvalue weighted by atomic mass is 16.5. The first-order valence-corrected chi connectivity index (χ1v) is 6.82. The fourth-order valence-corrected chi connectivity index (χ4v) is 2.73. The molecule has 2 rings (SSSR count). The maximum absolute atomic E-state index is 5.52. The van der Waals surface area contributed by atoms with Crippen LogP contribution in [0.1, 0.15) is 30.7 Å². The maximum Gasteiger partial charge on any atom is 0.143 e. The van der Waals surface area contributed by atoms with Gasteiger partial charge in [0.1, 0.15) is 5.75 Å². The number of benzene rings is 1. The van der Waals surface area contributed by atoms with E-state index in [0.29, 0.717) is 6.04 Å². The van der Waals surface area contributed by atoms with Gasteiger partial charge in [-0.2, -0.15) is 0 Å². The van der Waals surface area contributed by atoms with Crippen molar-refractivity contribution in [3.63, 3.8) is 0 Å². The fourth-order valence-electron chi connectivity index (χ4n) is 2.73. The Labute approximate surface area is 115 Å². The molecule has 0 atom stereocenters. The van der Waals surface area contributed by atoms with Crippen LogP contribution in [0.3, 0.4) is 0 Å². The SMILES string of the molecule is COc1ccc(C)c2c(C)c(CNC(C)C)n(C)c12. The Kier molecular flexibility index (Phi) is 3.85. The highest BCUT2D eigenvalue weighted by Crippen LogP contribution is 2.34. The van der Waals surface area contributed by atoms with Gasteiger partial charge in [-0.25, -0.2) is 0 Å². The van der Waals surface area contributed by atoms with Crippen molar-refractivity contribution in [1.29, 1.82) is 0 Å². The Balaban J connectivity index is 2.64. The van der Waals surface area contributed by atoms with Crippen molar-refractivity contribution in [3.05, 3.63) is 29.0 Å². The number of aryl methyl sites for hydroxylation is 3. The molecule has 0 saturated carbocycles. The number of aromatic nitrogens is 1. The average Bonchev–Trinajstić information content (AvgIpc) is 2.61. The molecule has 0 saturated heterocycles. The van der Waals surface area contributed by atoms with Crippen LogP contribution in [0.2, 0.25) is 0 Å². The van der Waals surface area contributed by atoms with E-state index in [9.17, 15) is 0 Å². The average molecular weight is 260 g/mol. The molecule has 3 heteroatoms. The molecule has 0 aliphatic rings. The predicted molar refractivity (Wildman–Crippen MR) is 80.9 cm³/mol. The minimum absolute atomic E-state index is 0.486. The first-order valence-electron chi connectivity index (χ1n) is 6.82. The normalized spacial score (nSPS) is 11.5. The number of rotatable bonds is 4. The summed E-state index contributed by atoms with van der Waals surface area (Å²) in [7, 11) is 3.85. The summed E-state index contributed by atoms with van der Waals surface area (Å²) < 4.78 is 7.77. The molecule has 0 aliphatic carbocycles. The molecular formula is C16H24N2O. The zero-order chi connectivity index (χ0) is 14.2. The third kappa shape index (κ3) is 2.35. The second-order valence-corrected chi connectivity index (χ2v) is 5.47. The molecular weight excluding hydrogens is 236 g/mol. The number of hydrogen-bond acceptors (Lipinski definition) is 2. The van der Waals surface area contributed by atoms with E-state index < -0.39 is 0 Å². The molecule has 104 valence electrons. The molecule has 0 unspecified atom stereocenters. The lowest BCUT2D eigenvalue weighted by Crippen LogP contribution is -2.23. The van der Waals surface area contributed by atoms with Gasteiger partial charge in [0.15, 0.2) is 0 Å². The number of fused-ring (bicyclic) bond motifs is 1. The summed E-state index contributed by atoms with van der Waals surface area (Å²) in [5, 5.41) is 4.82. The van der Waals surface area contributed by atoms with Crippen molar-refractivity contribution >= 4 is 10.9 Å². The van der Waals surface area contributed by atoms with Gasteiger partial charge in [-0.05, 0) is 31.0 Å². The van der Waals surface area contributed by atoms with E-state index in [2.05, 4.69) is 56.8 Å². The smallest absolute Gasteiger partial charge is 0.143 e. The summed E-state index contributed by atoms with van der Waals surface area (Å²) >= 11 is 0. The van der Waals surface area contributed by atoms with Crippen LogP contribution in [0.25, 0.3) is 10.9 Å². The van der Waals surface area contributed by atoms with Crippen LogP contribution in [-0.4, -0.2) is 17.7 Å². The van der Waals surface area contributed by atoms with Crippen molar-refractivity contribution in [1.82, 2.24) is 9.88 Å². The van der Waals surface area contributed by atoms with Gasteiger partial charge in [0, 0.05) is 30.7 Å². The van der Waals surface area contributed by atoms with Gasteiger partial charge in [0.05, 0.1) is 12.6 Å². The molecule has 1 heterocycles. The lowest BCUT2D eigenvalue weighted by Gasteiger charge is -2.11. The second kappa shape index (κ2) is 5.25. The van der Waals surface area contributed by atoms with Crippen LogP contribution in [0.15, 0.2) is 12.1 Å². The van der Waals surface area contributed by atoms with Gasteiger partial charge >= 0.3 is 0 Å². The molecule has 19 heavy (non-hydrogen) atoms. The molecule has 1 aromatic heterocycles. The van der Waals surface area contributed by atoms with Crippen molar-refractivity contribution < 1.29 is 4.74 Å². The first kappa shape index (κ1) is 13.9. The van der Waals surface area contributed by atoms with E-state index >= 15 is 0 Å². The van der Waals surface area contributed by atoms with Crippen molar-refractivity contribution in [2.24, 2.45) is 7.05 Å². The van der Waals surface area contributed by atoms with Crippen molar-refractivity contribution in [2.75, 3.05) is 7.11 Å². The zero-order valence-corrected chi connectivity index (χ0v) is 12.8. The summed E-state index contributed by atoms with van der Waals surface area (Å²) in [6, 6.07) is 4.67. The van der Waals surface area contributed by atoms with E-state index in [4.69, 9.17) is 4.74 Å². The van der Waals surface area contributed by atoms with Gasteiger partial charge in [-0.1, -0.05) is 19.9 Å². The topological polar surface area (TPSA) is 26.2 Å². The van der Waals surface area contributed by atoms with Gasteiger partial charge in [0.2, 0.25) is 0 Å². The standard InChI is InChI=1S/C16H24N2O/c1-10(2)17-9-13-12(4)15-11(3)7-8-14(19-6)16(15)18(13)5/h7-8,10,17H,9H2,1-6H3. The quantitative estimate of drug-likeness (QED) is 0.913. The summed E-state index contributed by atoms with van der Waals surface area (Å²) in [6.07, 6.45) is 0. The van der Waals surface area contributed by atoms with Gasteiger partial charge in [-0.3, -0.25) is 0 Å². The first-order chi connectivity index (χ1) is 8.97. The van der Waals surface area contributed by atoms with E-state index in [1.807, 2.05) is 0 Å². The van der Waals surface area contributed by atoms with E-state index in [0.717, 1.165) is 12.3 Å². The molecule has 2 aromatic rings. The van der Waals surface area contributed by atoms with Gasteiger partial charge in [-0.15, -0.1) is 0 Å². The molecule has 0 aliphatic heterocycles. The Morgan fingerprint density at radius 1 is 1.26 bits per heavy atom. The zero-order valence-electron chi connectivity index (χ0n) is 12.8. The highest BCUT2D eigenvalue weighted by Gasteiger charge is 2.16. The molecule has 0 fully saturated rings. The van der Waals surface area contributed by atoms with Crippen LogP contribution in [0, 0.1) is 13.8 Å². The minimum atomic E-state index is 0.486. The predicted octanol–water partition coefficient (Wildman–Crippen LogP) is 3.30. The van der Waals surface area contributed by atoms with Crippen molar-refractivity contribution in [3.8, 4) is 5.75 Å². The summed E-state index contributed by atoms with van der Waals surface area (Å²) in [4.78, 5) is 0. The lowest BCUT2D eigenvalue weighted by atomic mass is 10.1. The van der Waals surface area contributed by atoms with Gasteiger partial charge < -0.3 is 14.6 Å². The molecule has 0 spiro atoms. The fraction of sp³-hybridized carbons (Fsp3) is 0.500. The number of nitrogens with one attached hydrogen (secondary N) is 1. The molecule has 0 bridgehead atoms. The van der Waals surface area contributed by atoms with Crippen LogP contribution in [-0.2, 0) is 13.6 Å². The number of hydrogen-bond donors (Lipinski definition) is 1. The Hall–Kier alpha value is -1.48. The number of ether oxygens (including phenoxy) is 1. The highest BCUT2D eigenvalue weighted by molar-refractivity contribution is 5.92. The lowest BCUT2D eigenvalue weighted by molar-refractivity contribution is 0.417. The Morgan fingerprint density at radius 2 is 1.95 bits per heavy atom.